The predicted octanol–water partition coefficient (Wildman–Crippen LogP) is 2.16. The Morgan fingerprint density at radius 1 is 1.12 bits per heavy atom. The Morgan fingerprint density at radius 2 is 1.77 bits per heavy atom. The Kier molecular flexibility index (Phi) is 6.70. The van der Waals surface area contributed by atoms with Crippen LogP contribution in [0.1, 0.15) is 12.0 Å². The van der Waals surface area contributed by atoms with Gasteiger partial charge in [-0.25, -0.2) is 17.1 Å². The Labute approximate surface area is 152 Å². The monoisotopic (exact) mass is 380 g/mol. The minimum Gasteiger partial charge on any atom is -0.493 e. The highest BCUT2D eigenvalue weighted by atomic mass is 32.2. The Morgan fingerprint density at radius 3 is 2.42 bits per heavy atom. The van der Waals surface area contributed by atoms with Crippen molar-refractivity contribution >= 4 is 15.9 Å². The molecule has 2 aromatic carbocycles. The minimum absolute atomic E-state index is 0.0959. The lowest BCUT2D eigenvalue weighted by Crippen LogP contribution is -2.27. The normalized spacial score (nSPS) is 11.4. The van der Waals surface area contributed by atoms with Crippen molar-refractivity contribution in [3.05, 3.63) is 59.9 Å². The highest BCUT2D eigenvalue weighted by Crippen LogP contribution is 2.18. The first-order valence-electron chi connectivity index (χ1n) is 7.96. The molecule has 0 spiro atoms. The average molecular weight is 380 g/mol. The van der Waals surface area contributed by atoms with Crippen molar-refractivity contribution in [3.63, 3.8) is 0 Å². The van der Waals surface area contributed by atoms with Crippen LogP contribution in [-0.4, -0.2) is 39.3 Å². The average Bonchev–Trinajstić information content (AvgIpc) is 2.61. The predicted molar refractivity (Wildman–Crippen MR) is 95.7 cm³/mol. The van der Waals surface area contributed by atoms with Crippen LogP contribution in [0.25, 0.3) is 0 Å². The molecule has 0 heterocycles. The number of carbonyl (C=O) groups excluding carboxylic acids is 1. The molecule has 0 aliphatic carbocycles. The van der Waals surface area contributed by atoms with Crippen LogP contribution in [0.5, 0.6) is 5.75 Å². The molecule has 0 bridgehead atoms. The molecule has 0 aliphatic heterocycles. The van der Waals surface area contributed by atoms with Gasteiger partial charge in [0.05, 0.1) is 17.9 Å². The van der Waals surface area contributed by atoms with Crippen LogP contribution in [0.15, 0.2) is 53.4 Å². The van der Waals surface area contributed by atoms with Gasteiger partial charge in [0.25, 0.3) is 0 Å². The van der Waals surface area contributed by atoms with Crippen molar-refractivity contribution < 1.29 is 22.3 Å². The van der Waals surface area contributed by atoms with Gasteiger partial charge in [0, 0.05) is 20.6 Å². The summed E-state index contributed by atoms with van der Waals surface area (Å²) in [5.41, 5.74) is 0.508. The third kappa shape index (κ3) is 5.27. The molecule has 0 aromatic heterocycles. The number of rotatable bonds is 8. The molecule has 140 valence electrons. The third-order valence-corrected chi connectivity index (χ3v) is 5.53. The Hall–Kier alpha value is -2.45. The molecule has 6 nitrogen and oxygen atoms in total. The summed E-state index contributed by atoms with van der Waals surface area (Å²) >= 11 is 0. The lowest BCUT2D eigenvalue weighted by atomic mass is 10.2. The molecule has 1 amide bonds. The molecule has 0 aliphatic rings. The fourth-order valence-electron chi connectivity index (χ4n) is 2.17. The molecule has 1 N–H and O–H groups in total. The Bertz CT molecular complexity index is 852. The van der Waals surface area contributed by atoms with Gasteiger partial charge in [0.15, 0.2) is 0 Å². The van der Waals surface area contributed by atoms with Crippen molar-refractivity contribution in [3.8, 4) is 5.75 Å². The number of hydrogen-bond donors (Lipinski definition) is 1. The molecule has 0 unspecified atom stereocenters. The zero-order valence-corrected chi connectivity index (χ0v) is 15.4. The second kappa shape index (κ2) is 8.77. The van der Waals surface area contributed by atoms with Crippen LogP contribution in [0.3, 0.4) is 0 Å². The number of hydrogen-bond acceptors (Lipinski definition) is 4. The van der Waals surface area contributed by atoms with E-state index in [1.807, 2.05) is 0 Å². The summed E-state index contributed by atoms with van der Waals surface area (Å²) in [5.74, 6) is -0.160. The SMILES string of the molecule is CN(C)S(=O)(=O)c1ccccc1CNC(=O)CCOc1ccc(F)cc1. The minimum atomic E-state index is -3.59. The van der Waals surface area contributed by atoms with E-state index in [1.54, 1.807) is 18.2 Å². The van der Waals surface area contributed by atoms with Crippen LogP contribution >= 0.6 is 0 Å². The summed E-state index contributed by atoms with van der Waals surface area (Å²) in [7, 11) is -0.674. The molecular weight excluding hydrogens is 359 g/mol. The van der Waals surface area contributed by atoms with Gasteiger partial charge in [-0.3, -0.25) is 4.79 Å². The smallest absolute Gasteiger partial charge is 0.242 e. The molecule has 0 radical (unpaired) electrons. The van der Waals surface area contributed by atoms with Crippen LogP contribution in [0, 0.1) is 5.82 Å². The number of halogens is 1. The lowest BCUT2D eigenvalue weighted by Gasteiger charge is -2.15. The van der Waals surface area contributed by atoms with Gasteiger partial charge in [-0.1, -0.05) is 18.2 Å². The van der Waals surface area contributed by atoms with E-state index in [9.17, 15) is 17.6 Å². The van der Waals surface area contributed by atoms with Crippen molar-refractivity contribution in [1.29, 1.82) is 0 Å². The fourth-order valence-corrected chi connectivity index (χ4v) is 3.29. The van der Waals surface area contributed by atoms with E-state index in [0.29, 0.717) is 11.3 Å². The summed E-state index contributed by atoms with van der Waals surface area (Å²) < 4.78 is 43.9. The number of sulfonamides is 1. The largest absolute Gasteiger partial charge is 0.493 e. The number of ether oxygens (including phenoxy) is 1. The van der Waals surface area contributed by atoms with E-state index in [0.717, 1.165) is 4.31 Å². The number of nitrogens with one attached hydrogen (secondary N) is 1. The Balaban J connectivity index is 1.89. The molecule has 8 heteroatoms. The molecule has 0 fully saturated rings. The molecule has 26 heavy (non-hydrogen) atoms. The topological polar surface area (TPSA) is 75.7 Å². The highest BCUT2D eigenvalue weighted by Gasteiger charge is 2.20. The highest BCUT2D eigenvalue weighted by molar-refractivity contribution is 7.89. The van der Waals surface area contributed by atoms with Gasteiger partial charge in [-0.05, 0) is 35.9 Å². The van der Waals surface area contributed by atoms with E-state index in [4.69, 9.17) is 4.74 Å². The second-order valence-corrected chi connectivity index (χ2v) is 7.84. The summed E-state index contributed by atoms with van der Waals surface area (Å²) in [5, 5.41) is 2.68. The first-order chi connectivity index (χ1) is 12.3. The summed E-state index contributed by atoms with van der Waals surface area (Å²) in [6, 6.07) is 12.0. The van der Waals surface area contributed by atoms with Crippen LogP contribution in [0.2, 0.25) is 0 Å². The molecule has 0 saturated heterocycles. The van der Waals surface area contributed by atoms with E-state index in [1.165, 1.54) is 44.4 Å². The van der Waals surface area contributed by atoms with Crippen LogP contribution < -0.4 is 10.1 Å². The number of amides is 1. The van der Waals surface area contributed by atoms with E-state index in [-0.39, 0.29) is 36.2 Å². The first kappa shape index (κ1) is 19.9. The van der Waals surface area contributed by atoms with E-state index in [2.05, 4.69) is 5.32 Å². The summed E-state index contributed by atoms with van der Waals surface area (Å²) in [6.45, 7) is 0.230. The molecule has 2 rings (SSSR count). The second-order valence-electron chi connectivity index (χ2n) is 5.72. The van der Waals surface area contributed by atoms with E-state index >= 15 is 0 Å². The number of carbonyl (C=O) groups is 1. The summed E-state index contributed by atoms with van der Waals surface area (Å²) in [6.07, 6.45) is 0.0972. The third-order valence-electron chi connectivity index (χ3n) is 3.62. The maximum absolute atomic E-state index is 12.8. The van der Waals surface area contributed by atoms with Crippen molar-refractivity contribution in [1.82, 2.24) is 9.62 Å². The maximum atomic E-state index is 12.8. The van der Waals surface area contributed by atoms with Gasteiger partial charge in [-0.2, -0.15) is 0 Å². The van der Waals surface area contributed by atoms with Crippen molar-refractivity contribution in [2.45, 2.75) is 17.9 Å². The van der Waals surface area contributed by atoms with Gasteiger partial charge >= 0.3 is 0 Å². The molecular formula is C18H21FN2O4S. The van der Waals surface area contributed by atoms with Gasteiger partial charge < -0.3 is 10.1 Å². The van der Waals surface area contributed by atoms with Crippen LogP contribution in [0.4, 0.5) is 4.39 Å². The standard InChI is InChI=1S/C18H21FN2O4S/c1-21(2)26(23,24)17-6-4-3-5-14(17)13-20-18(22)11-12-25-16-9-7-15(19)8-10-16/h3-10H,11-13H2,1-2H3,(H,20,22). The van der Waals surface area contributed by atoms with E-state index < -0.39 is 10.0 Å². The van der Waals surface area contributed by atoms with Crippen molar-refractivity contribution in [2.24, 2.45) is 0 Å². The van der Waals surface area contributed by atoms with Crippen molar-refractivity contribution in [2.75, 3.05) is 20.7 Å². The first-order valence-corrected chi connectivity index (χ1v) is 9.40. The van der Waals surface area contributed by atoms with Gasteiger partial charge in [0.2, 0.25) is 15.9 Å². The van der Waals surface area contributed by atoms with Gasteiger partial charge in [-0.15, -0.1) is 0 Å². The fraction of sp³-hybridized carbons (Fsp3) is 0.278. The maximum Gasteiger partial charge on any atom is 0.242 e. The summed E-state index contributed by atoms with van der Waals surface area (Å²) in [4.78, 5) is 12.1. The molecule has 0 atom stereocenters. The number of benzene rings is 2. The van der Waals surface area contributed by atoms with Crippen LogP contribution in [-0.2, 0) is 21.4 Å². The zero-order valence-electron chi connectivity index (χ0n) is 14.6. The molecule has 2 aromatic rings. The zero-order chi connectivity index (χ0) is 19.2. The van der Waals surface area contributed by atoms with Gasteiger partial charge in [0.1, 0.15) is 11.6 Å². The molecule has 0 saturated carbocycles. The lowest BCUT2D eigenvalue weighted by molar-refractivity contribution is -0.121. The number of nitrogens with zero attached hydrogens (tertiary/aromatic N) is 1. The quantitative estimate of drug-likeness (QED) is 0.762.